The maximum absolute atomic E-state index is 5.22. The number of ether oxygens (including phenoxy) is 1. The fourth-order valence-electron chi connectivity index (χ4n) is 2.56. The summed E-state index contributed by atoms with van der Waals surface area (Å²) in [6.45, 7) is 2.64. The van der Waals surface area contributed by atoms with Crippen LogP contribution in [0.1, 0.15) is 12.0 Å². The summed E-state index contributed by atoms with van der Waals surface area (Å²) in [7, 11) is 1.66. The number of nitrogens with one attached hydrogen (secondary N) is 3. The molecule has 0 spiro atoms. The number of rotatable bonds is 8. The molecule has 132 valence electrons. The van der Waals surface area contributed by atoms with Crippen LogP contribution in [0, 0.1) is 0 Å². The number of benzene rings is 2. The van der Waals surface area contributed by atoms with Gasteiger partial charge < -0.3 is 20.4 Å². The third-order valence-corrected chi connectivity index (χ3v) is 4.68. The zero-order valence-electron chi connectivity index (χ0n) is 13.9. The van der Waals surface area contributed by atoms with Gasteiger partial charge in [0.1, 0.15) is 5.75 Å². The molecule has 0 aliphatic heterocycles. The van der Waals surface area contributed by atoms with E-state index >= 15 is 0 Å². The van der Waals surface area contributed by atoms with Gasteiger partial charge in [0.15, 0.2) is 0 Å². The molecule has 0 atom stereocenters. The lowest BCUT2D eigenvalue weighted by molar-refractivity contribution is 0.415. The molecule has 0 saturated heterocycles. The van der Waals surface area contributed by atoms with E-state index in [4.69, 9.17) is 4.74 Å². The van der Waals surface area contributed by atoms with Crippen LogP contribution in [0.2, 0.25) is 0 Å². The molecule has 25 heavy (non-hydrogen) atoms. The monoisotopic (exact) mass is 466 g/mol. The lowest BCUT2D eigenvalue weighted by atomic mass is 10.2. The molecule has 0 unspecified atom stereocenters. The molecular formula is C18H20Br2N4O. The van der Waals surface area contributed by atoms with Gasteiger partial charge in [-0.25, -0.2) is 4.98 Å². The van der Waals surface area contributed by atoms with E-state index in [2.05, 4.69) is 64.6 Å². The van der Waals surface area contributed by atoms with Gasteiger partial charge in [0.25, 0.3) is 0 Å². The van der Waals surface area contributed by atoms with Crippen molar-refractivity contribution in [3.05, 3.63) is 50.9 Å². The Morgan fingerprint density at radius 1 is 1.08 bits per heavy atom. The summed E-state index contributed by atoms with van der Waals surface area (Å²) < 4.78 is 7.39. The molecule has 0 fully saturated rings. The van der Waals surface area contributed by atoms with E-state index in [0.29, 0.717) is 0 Å². The summed E-state index contributed by atoms with van der Waals surface area (Å²) in [6.07, 6.45) is 1.01. The molecule has 1 aromatic heterocycles. The third kappa shape index (κ3) is 5.20. The van der Waals surface area contributed by atoms with Crippen LogP contribution in [0.15, 0.2) is 45.3 Å². The first kappa shape index (κ1) is 18.2. The average Bonchev–Trinajstić information content (AvgIpc) is 2.98. The Bertz CT molecular complexity index is 830. The molecule has 0 radical (unpaired) electrons. The maximum Gasteiger partial charge on any atom is 0.201 e. The minimum absolute atomic E-state index is 0.791. The first-order chi connectivity index (χ1) is 12.1. The second-order valence-electron chi connectivity index (χ2n) is 5.70. The molecule has 0 saturated carbocycles. The van der Waals surface area contributed by atoms with Crippen LogP contribution in [0.25, 0.3) is 11.0 Å². The van der Waals surface area contributed by atoms with Crippen molar-refractivity contribution in [2.24, 2.45) is 0 Å². The molecule has 0 aliphatic carbocycles. The molecule has 5 nitrogen and oxygen atoms in total. The molecular weight excluding hydrogens is 448 g/mol. The van der Waals surface area contributed by atoms with Crippen LogP contribution >= 0.6 is 31.9 Å². The van der Waals surface area contributed by atoms with Crippen molar-refractivity contribution in [3.8, 4) is 5.75 Å². The number of aromatic nitrogens is 2. The van der Waals surface area contributed by atoms with Gasteiger partial charge in [-0.15, -0.1) is 0 Å². The number of halogens is 2. The second-order valence-corrected chi connectivity index (χ2v) is 7.53. The Kier molecular flexibility index (Phi) is 6.34. The summed E-state index contributed by atoms with van der Waals surface area (Å²) >= 11 is 7.02. The van der Waals surface area contributed by atoms with E-state index in [-0.39, 0.29) is 0 Å². The molecule has 1 heterocycles. The fraction of sp³-hybridized carbons (Fsp3) is 0.278. The number of hydrogen-bond donors (Lipinski definition) is 3. The lowest BCUT2D eigenvalue weighted by Crippen LogP contribution is -2.17. The van der Waals surface area contributed by atoms with Crippen molar-refractivity contribution in [3.63, 3.8) is 0 Å². The van der Waals surface area contributed by atoms with Crippen LogP contribution in [0.3, 0.4) is 0 Å². The number of H-pyrrole nitrogens is 1. The quantitative estimate of drug-likeness (QED) is 0.420. The van der Waals surface area contributed by atoms with Gasteiger partial charge in [0.05, 0.1) is 18.1 Å². The number of anilines is 1. The third-order valence-electron chi connectivity index (χ3n) is 3.76. The van der Waals surface area contributed by atoms with Crippen LogP contribution in [-0.2, 0) is 6.54 Å². The summed E-state index contributed by atoms with van der Waals surface area (Å²) in [5, 5.41) is 6.78. The normalized spacial score (nSPS) is 11.0. The molecule has 0 bridgehead atoms. The molecule has 0 aliphatic rings. The van der Waals surface area contributed by atoms with Crippen molar-refractivity contribution in [1.29, 1.82) is 0 Å². The van der Waals surface area contributed by atoms with E-state index < -0.39 is 0 Å². The molecule has 2 aromatic carbocycles. The fourth-order valence-corrected chi connectivity index (χ4v) is 3.95. The first-order valence-corrected chi connectivity index (χ1v) is 9.66. The van der Waals surface area contributed by atoms with Gasteiger partial charge in [-0.3, -0.25) is 0 Å². The Labute approximate surface area is 163 Å². The van der Waals surface area contributed by atoms with Gasteiger partial charge in [-0.05, 0) is 48.9 Å². The summed E-state index contributed by atoms with van der Waals surface area (Å²) in [5.41, 5.74) is 3.15. The van der Waals surface area contributed by atoms with Gasteiger partial charge in [0.2, 0.25) is 5.95 Å². The number of nitrogens with zero attached hydrogens (tertiary/aromatic N) is 1. The van der Waals surface area contributed by atoms with Crippen LogP contribution < -0.4 is 15.4 Å². The Hall–Kier alpha value is -1.57. The smallest absolute Gasteiger partial charge is 0.201 e. The van der Waals surface area contributed by atoms with Crippen LogP contribution in [0.4, 0.5) is 5.95 Å². The highest BCUT2D eigenvalue weighted by atomic mass is 79.9. The highest BCUT2D eigenvalue weighted by molar-refractivity contribution is 9.11. The highest BCUT2D eigenvalue weighted by Crippen LogP contribution is 2.21. The largest absolute Gasteiger partial charge is 0.497 e. The predicted molar refractivity (Wildman–Crippen MR) is 109 cm³/mol. The number of fused-ring (bicyclic) bond motifs is 1. The number of methoxy groups -OCH3 is 1. The highest BCUT2D eigenvalue weighted by Gasteiger charge is 2.03. The maximum atomic E-state index is 5.22. The summed E-state index contributed by atoms with van der Waals surface area (Å²) in [4.78, 5) is 7.80. The van der Waals surface area contributed by atoms with Crippen LogP contribution in [-0.4, -0.2) is 30.2 Å². The SMILES string of the molecule is COc1ccc2[nH]c(NCCCNCc3cc(Br)cc(Br)c3)nc2c1. The molecule has 3 N–H and O–H groups in total. The van der Waals surface area contributed by atoms with Crippen LogP contribution in [0.5, 0.6) is 5.75 Å². The number of hydrogen-bond acceptors (Lipinski definition) is 4. The minimum atomic E-state index is 0.791. The predicted octanol–water partition coefficient (Wildman–Crippen LogP) is 4.69. The second kappa shape index (κ2) is 8.69. The van der Waals surface area contributed by atoms with Crippen molar-refractivity contribution >= 4 is 48.8 Å². The number of imidazole rings is 1. The molecule has 7 heteroatoms. The van der Waals surface area contributed by atoms with E-state index in [9.17, 15) is 0 Å². The average molecular weight is 468 g/mol. The van der Waals surface area contributed by atoms with Crippen molar-refractivity contribution in [2.75, 3.05) is 25.5 Å². The van der Waals surface area contributed by atoms with E-state index in [1.807, 2.05) is 24.3 Å². The van der Waals surface area contributed by atoms with Gasteiger partial charge in [-0.1, -0.05) is 31.9 Å². The van der Waals surface area contributed by atoms with E-state index in [0.717, 1.165) is 57.7 Å². The molecule has 3 rings (SSSR count). The molecule has 0 amide bonds. The Balaban J connectivity index is 1.41. The van der Waals surface area contributed by atoms with E-state index in [1.54, 1.807) is 7.11 Å². The molecule has 3 aromatic rings. The first-order valence-electron chi connectivity index (χ1n) is 8.07. The van der Waals surface area contributed by atoms with Gasteiger partial charge in [0, 0.05) is 28.1 Å². The van der Waals surface area contributed by atoms with Gasteiger partial charge in [-0.2, -0.15) is 0 Å². The standard InChI is InChI=1S/C18H20Br2N4O/c1-25-15-3-4-16-17(10-15)24-18(23-16)22-6-2-5-21-11-12-7-13(19)9-14(20)8-12/h3-4,7-10,21H,2,5-6,11H2,1H3,(H2,22,23,24). The van der Waals surface area contributed by atoms with Gasteiger partial charge >= 0.3 is 0 Å². The van der Waals surface area contributed by atoms with E-state index in [1.165, 1.54) is 5.56 Å². The zero-order valence-corrected chi connectivity index (χ0v) is 17.1. The zero-order chi connectivity index (χ0) is 17.6. The van der Waals surface area contributed by atoms with Crippen molar-refractivity contribution in [1.82, 2.24) is 15.3 Å². The summed E-state index contributed by atoms with van der Waals surface area (Å²) in [6, 6.07) is 12.1. The van der Waals surface area contributed by atoms with Crippen molar-refractivity contribution < 1.29 is 4.74 Å². The lowest BCUT2D eigenvalue weighted by Gasteiger charge is -2.07. The topological polar surface area (TPSA) is 62.0 Å². The Morgan fingerprint density at radius 3 is 2.64 bits per heavy atom. The van der Waals surface area contributed by atoms with Crippen molar-refractivity contribution in [2.45, 2.75) is 13.0 Å². The Morgan fingerprint density at radius 2 is 1.88 bits per heavy atom. The summed E-state index contributed by atoms with van der Waals surface area (Å²) in [5.74, 6) is 1.60. The number of aromatic amines is 1. The minimum Gasteiger partial charge on any atom is -0.497 e.